The largest absolute Gasteiger partial charge is 0.494 e. The number of rotatable bonds is 25. The van der Waals surface area contributed by atoms with E-state index in [-0.39, 0.29) is 24.3 Å². The molecule has 0 saturated heterocycles. The summed E-state index contributed by atoms with van der Waals surface area (Å²) in [6.45, 7) is 6.00. The van der Waals surface area contributed by atoms with E-state index in [1.807, 2.05) is 48.6 Å². The molecule has 0 amide bonds. The lowest BCUT2D eigenvalue weighted by molar-refractivity contribution is 0.000456. The normalized spacial score (nSPS) is 15.1. The molecule has 0 bridgehead atoms. The number of carbonyl (C=O) groups excluding carboxylic acids is 1. The summed E-state index contributed by atoms with van der Waals surface area (Å²) in [6.07, 6.45) is 20.1. The van der Waals surface area contributed by atoms with Crippen molar-refractivity contribution >= 4 is 17.5 Å². The van der Waals surface area contributed by atoms with Crippen LogP contribution in [0.25, 0.3) is 5.57 Å². The molecule has 0 aromatic heterocycles. The first-order chi connectivity index (χ1) is 25.9. The minimum atomic E-state index is -1.44. The molecule has 53 heavy (non-hydrogen) atoms. The first-order valence-corrected chi connectivity index (χ1v) is 19.7. The van der Waals surface area contributed by atoms with Crippen molar-refractivity contribution in [1.82, 2.24) is 0 Å². The van der Waals surface area contributed by atoms with E-state index in [1.165, 1.54) is 51.0 Å². The fourth-order valence-electron chi connectivity index (χ4n) is 6.49. The van der Waals surface area contributed by atoms with Gasteiger partial charge in [-0.25, -0.2) is 9.59 Å². The van der Waals surface area contributed by atoms with E-state index in [2.05, 4.69) is 13.8 Å². The first kappa shape index (κ1) is 41.2. The minimum Gasteiger partial charge on any atom is -0.494 e. The molecule has 3 aromatic rings. The van der Waals surface area contributed by atoms with Crippen LogP contribution < -0.4 is 19.9 Å². The third-order valence-electron chi connectivity index (χ3n) is 9.52. The summed E-state index contributed by atoms with van der Waals surface area (Å²) in [4.78, 5) is 26.8. The summed E-state index contributed by atoms with van der Waals surface area (Å²) in [7, 11) is 0. The van der Waals surface area contributed by atoms with Crippen molar-refractivity contribution in [1.29, 1.82) is 0 Å². The highest BCUT2D eigenvalue weighted by atomic mass is 16.6. The van der Waals surface area contributed by atoms with Gasteiger partial charge in [0.1, 0.15) is 22.8 Å². The molecule has 0 fully saturated rings. The van der Waals surface area contributed by atoms with Crippen LogP contribution in [0, 0.1) is 0 Å². The van der Waals surface area contributed by atoms with Gasteiger partial charge in [0.2, 0.25) is 0 Å². The molecule has 1 aliphatic rings. The molecule has 0 spiro atoms. The number of carboxylic acid groups (broad SMARTS) is 1. The molecular weight excluding hydrogens is 666 g/mol. The molecule has 0 heterocycles. The van der Waals surface area contributed by atoms with Gasteiger partial charge >= 0.3 is 11.9 Å². The number of carboxylic acids is 1. The van der Waals surface area contributed by atoms with Gasteiger partial charge in [0.15, 0.2) is 5.60 Å². The van der Waals surface area contributed by atoms with Crippen molar-refractivity contribution in [2.24, 2.45) is 5.73 Å². The molecule has 1 atom stereocenters. The van der Waals surface area contributed by atoms with Crippen molar-refractivity contribution < 1.29 is 33.6 Å². The summed E-state index contributed by atoms with van der Waals surface area (Å²) < 4.78 is 25.2. The number of esters is 1. The van der Waals surface area contributed by atoms with Crippen LogP contribution in [-0.4, -0.2) is 43.4 Å². The number of carbonyl (C=O) groups is 2. The van der Waals surface area contributed by atoms with Gasteiger partial charge in [-0.15, -0.1) is 0 Å². The number of benzene rings is 3. The van der Waals surface area contributed by atoms with Crippen LogP contribution in [0.5, 0.6) is 17.2 Å². The van der Waals surface area contributed by atoms with Crippen LogP contribution in [-0.2, 0) is 10.3 Å². The maximum absolute atomic E-state index is 14.1. The van der Waals surface area contributed by atoms with Gasteiger partial charge in [-0.05, 0) is 79.4 Å². The smallest absolute Gasteiger partial charge is 0.339 e. The van der Waals surface area contributed by atoms with Gasteiger partial charge in [0, 0.05) is 6.42 Å². The van der Waals surface area contributed by atoms with E-state index in [4.69, 9.17) is 24.7 Å². The molecule has 8 heteroatoms. The lowest BCUT2D eigenvalue weighted by atomic mass is 9.81. The molecule has 1 unspecified atom stereocenters. The Kier molecular flexibility index (Phi) is 17.5. The maximum Gasteiger partial charge on any atom is 0.339 e. The summed E-state index contributed by atoms with van der Waals surface area (Å²) >= 11 is 0. The number of aromatic carboxylic acids is 1. The number of unbranched alkanes of at least 4 members (excludes halogenated alkanes) is 10. The second-order valence-corrected chi connectivity index (χ2v) is 13.7. The highest BCUT2D eigenvalue weighted by molar-refractivity contribution is 5.93. The second-order valence-electron chi connectivity index (χ2n) is 13.7. The van der Waals surface area contributed by atoms with Crippen molar-refractivity contribution in [3.05, 3.63) is 107 Å². The third-order valence-corrected chi connectivity index (χ3v) is 9.52. The Morgan fingerprint density at radius 3 is 1.94 bits per heavy atom. The molecular formula is C45H59NO7. The molecule has 8 nitrogen and oxygen atoms in total. The molecule has 0 saturated carbocycles. The lowest BCUT2D eigenvalue weighted by Crippen LogP contribution is -2.33. The Bertz CT molecular complexity index is 1620. The number of nitrogens with two attached hydrogens (primary N) is 1. The van der Waals surface area contributed by atoms with E-state index in [9.17, 15) is 14.7 Å². The minimum absolute atomic E-state index is 0.0440. The van der Waals surface area contributed by atoms with Crippen LogP contribution in [0.4, 0.5) is 0 Å². The molecule has 0 radical (unpaired) electrons. The predicted molar refractivity (Wildman–Crippen MR) is 212 cm³/mol. The number of hydrogen-bond donors (Lipinski definition) is 2. The Labute approximate surface area is 316 Å². The Morgan fingerprint density at radius 1 is 0.717 bits per heavy atom. The fourth-order valence-corrected chi connectivity index (χ4v) is 6.49. The van der Waals surface area contributed by atoms with Gasteiger partial charge in [-0.2, -0.15) is 0 Å². The van der Waals surface area contributed by atoms with Gasteiger partial charge < -0.3 is 29.8 Å². The molecule has 3 aromatic carbocycles. The summed E-state index contributed by atoms with van der Waals surface area (Å²) in [6, 6.07) is 20.1. The van der Waals surface area contributed by atoms with Crippen LogP contribution in [0.3, 0.4) is 0 Å². The standard InChI is InChI=1S/C45H59NO7/c1-3-5-7-9-11-16-32-50-38-23-21-37(22-24-38)44(49)53-45(29-27-36(28-30-45)35-19-14-13-15-20-35)41-40(51-33-17-12-10-8-6-4-2)26-25-39(43(47)48)42(41)52-34-18-31-46/h13-15,19-29H,3-12,16-18,30-34,46H2,1-2H3,(H,47,48). The zero-order chi connectivity index (χ0) is 37.7. The molecule has 4 rings (SSSR count). The lowest BCUT2D eigenvalue weighted by Gasteiger charge is -2.35. The SMILES string of the molecule is CCCCCCCCOc1ccc(C(=O)OC2(c3c(OCCCCCCCC)ccc(C(=O)O)c3OCCCN)C=CC(c3ccccc3)=CC2)cc1. The summed E-state index contributed by atoms with van der Waals surface area (Å²) in [5.41, 5.74) is 7.00. The Hall–Kier alpha value is -4.56. The summed E-state index contributed by atoms with van der Waals surface area (Å²) in [5.74, 6) is -0.510. The van der Waals surface area contributed by atoms with E-state index >= 15 is 0 Å². The monoisotopic (exact) mass is 725 g/mol. The van der Waals surface area contributed by atoms with E-state index in [0.717, 1.165) is 43.2 Å². The van der Waals surface area contributed by atoms with Crippen LogP contribution in [0.2, 0.25) is 0 Å². The van der Waals surface area contributed by atoms with E-state index in [0.29, 0.717) is 48.8 Å². The number of allylic oxidation sites excluding steroid dienone is 2. The highest BCUT2D eigenvalue weighted by Crippen LogP contribution is 2.48. The number of ether oxygens (including phenoxy) is 4. The highest BCUT2D eigenvalue weighted by Gasteiger charge is 2.42. The first-order valence-electron chi connectivity index (χ1n) is 19.7. The second kappa shape index (κ2) is 22.5. The average molecular weight is 726 g/mol. The van der Waals surface area contributed by atoms with Crippen molar-refractivity contribution in [2.75, 3.05) is 26.4 Å². The topological polar surface area (TPSA) is 117 Å². The zero-order valence-corrected chi connectivity index (χ0v) is 31.8. The Balaban J connectivity index is 1.67. The van der Waals surface area contributed by atoms with Gasteiger partial charge in [-0.1, -0.05) is 121 Å². The van der Waals surface area contributed by atoms with Gasteiger partial charge in [0.05, 0.1) is 30.9 Å². The molecule has 286 valence electrons. The summed E-state index contributed by atoms with van der Waals surface area (Å²) in [5, 5.41) is 10.3. The van der Waals surface area contributed by atoms with Gasteiger partial charge in [0.25, 0.3) is 0 Å². The molecule has 1 aliphatic carbocycles. The average Bonchev–Trinajstić information content (AvgIpc) is 3.18. The van der Waals surface area contributed by atoms with Crippen LogP contribution >= 0.6 is 0 Å². The van der Waals surface area contributed by atoms with Crippen molar-refractivity contribution in [3.63, 3.8) is 0 Å². The Morgan fingerprint density at radius 2 is 1.34 bits per heavy atom. The molecule has 3 N–H and O–H groups in total. The van der Waals surface area contributed by atoms with Crippen LogP contribution in [0.15, 0.2) is 85.0 Å². The maximum atomic E-state index is 14.1. The van der Waals surface area contributed by atoms with Crippen LogP contribution in [0.1, 0.15) is 136 Å². The molecule has 0 aliphatic heterocycles. The van der Waals surface area contributed by atoms with E-state index < -0.39 is 17.5 Å². The fraction of sp³-hybridized carbons (Fsp3) is 0.467. The zero-order valence-electron chi connectivity index (χ0n) is 31.8. The van der Waals surface area contributed by atoms with E-state index in [1.54, 1.807) is 30.3 Å². The third kappa shape index (κ3) is 12.5. The van der Waals surface area contributed by atoms with Crippen molar-refractivity contribution in [2.45, 2.75) is 109 Å². The number of hydrogen-bond acceptors (Lipinski definition) is 7. The van der Waals surface area contributed by atoms with Crippen molar-refractivity contribution in [3.8, 4) is 17.2 Å². The quantitative estimate of drug-likeness (QED) is 0.0655. The predicted octanol–water partition coefficient (Wildman–Crippen LogP) is 10.7. The van der Waals surface area contributed by atoms with Gasteiger partial charge in [-0.3, -0.25) is 0 Å².